The van der Waals surface area contributed by atoms with Gasteiger partial charge in [-0.1, -0.05) is 113 Å². The molecule has 8 aliphatic rings. The molecule has 4 aliphatic carbocycles. The molecule has 0 bridgehead atoms. The molecule has 3 N–H and O–H groups in total. The second kappa shape index (κ2) is 40.1. The molecule has 0 saturated heterocycles. The van der Waals surface area contributed by atoms with Gasteiger partial charge in [0, 0.05) is 110 Å². The van der Waals surface area contributed by atoms with Crippen LogP contribution in [-0.2, 0) is 120 Å². The zero-order chi connectivity index (χ0) is 86.5. The summed E-state index contributed by atoms with van der Waals surface area (Å²) in [5, 5.41) is 27.0. The molecule has 4 saturated carbocycles. The monoisotopic (exact) mass is 2370 g/mol. The molecule has 2 radical (unpaired) electrons. The van der Waals surface area contributed by atoms with Crippen molar-refractivity contribution in [2.45, 2.75) is 155 Å². The molecule has 4 aliphatic heterocycles. The number of nitrogens with two attached hydrogens (primary N) is 1. The number of alkyl halides is 22. The predicted octanol–water partition coefficient (Wildman–Crippen LogP) is 16.5. The molecule has 120 heavy (non-hydrogen) atoms. The Kier molecular flexibility index (Phi) is 34.2. The fourth-order valence-corrected chi connectivity index (χ4v) is 15.6. The molecule has 26 nitrogen and oxygen atoms in total. The summed E-state index contributed by atoms with van der Waals surface area (Å²) in [4.78, 5) is 64.7. The van der Waals surface area contributed by atoms with Crippen LogP contribution < -0.4 is 5.73 Å². The number of nitrogens with zero attached hydrogens (tertiary/aromatic N) is 15. The third-order valence-corrected chi connectivity index (χ3v) is 21.1. The van der Waals surface area contributed by atoms with Gasteiger partial charge < -0.3 is 49.2 Å². The van der Waals surface area contributed by atoms with Gasteiger partial charge in [0.15, 0.2) is 22.8 Å². The van der Waals surface area contributed by atoms with E-state index in [1.165, 1.54) is 30.9 Å². The zero-order valence-corrected chi connectivity index (χ0v) is 73.6. The van der Waals surface area contributed by atoms with Crippen LogP contribution in [0.3, 0.4) is 0 Å². The van der Waals surface area contributed by atoms with Crippen LogP contribution >= 0.6 is 139 Å². The van der Waals surface area contributed by atoms with Crippen molar-refractivity contribution in [2.75, 3.05) is 50.5 Å². The van der Waals surface area contributed by atoms with Gasteiger partial charge >= 0.3 is 85.3 Å². The fraction of sp³-hybridized carbons (Fsp3) is 0.562. The summed E-state index contributed by atoms with van der Waals surface area (Å²) in [6, 6.07) is 0. The molecule has 3 unspecified atom stereocenters. The van der Waals surface area contributed by atoms with Gasteiger partial charge in [0.05, 0.1) is 94.9 Å². The van der Waals surface area contributed by atoms with E-state index in [0.717, 1.165) is 102 Å². The summed E-state index contributed by atoms with van der Waals surface area (Å²) in [6.07, 6.45) is -17.3. The van der Waals surface area contributed by atoms with Crippen LogP contribution in [-0.4, -0.2) is 188 Å². The van der Waals surface area contributed by atoms with E-state index in [1.807, 2.05) is 0 Å². The first-order valence-electron chi connectivity index (χ1n) is 32.8. The summed E-state index contributed by atoms with van der Waals surface area (Å²) >= 11 is 12.1. The number of carbonyl (C=O) groups excluding carboxylic acids is 4. The number of amides is 3. The van der Waals surface area contributed by atoms with E-state index >= 15 is 0 Å². The first kappa shape index (κ1) is 102. The van der Waals surface area contributed by atoms with Gasteiger partial charge in [-0.05, 0) is 16.7 Å². The first-order chi connectivity index (χ1) is 54.4. The molecule has 5 atom stereocenters. The number of methoxy groups -OCH3 is 4. The van der Waals surface area contributed by atoms with E-state index in [1.54, 1.807) is 0 Å². The van der Waals surface area contributed by atoms with Gasteiger partial charge in [-0.3, -0.25) is 14.4 Å². The normalized spacial score (nSPS) is 20.9. The van der Waals surface area contributed by atoms with Crippen LogP contribution in [0.5, 0.6) is 0 Å². The van der Waals surface area contributed by atoms with Crippen LogP contribution in [0, 0.1) is 23.7 Å². The standard InChI is InChI=1S/3C15H13F5N4O2S.C8H9F3N4OS.C7H6F2O3.CH2I2.3CH4.BI3/c3*1-26-6-10-22-24-9(12(15(18,19)20)21-13(24)27-10)5-23-4-7(2-11(23)25)8-3-14(8,16)17;1-16-3-5-14-15-4(2-12)6(8(9,10)11)13-7(15)17-5;8-7(9)2-4(7)3-1-5(10)12-6(3)11;2-1-3;;;;1-4(2)3/h3*2,8H,3-6H2,1H3;2-3,12H2,1H3;1,4,6,11H,2H2;1H2;3*1H4;/t2*8-;;;;;;;;/m10......../s1. The Morgan fingerprint density at radius 2 is 0.700 bits per heavy atom. The Hall–Kier alpha value is -4.69. The van der Waals surface area contributed by atoms with Crippen molar-refractivity contribution in [3.63, 3.8) is 0 Å². The second-order valence-electron chi connectivity index (χ2n) is 25.9. The summed E-state index contributed by atoms with van der Waals surface area (Å²) in [5.74, 6) is -17.8. The van der Waals surface area contributed by atoms with Crippen LogP contribution in [0.25, 0.3) is 19.8 Å². The van der Waals surface area contributed by atoms with Crippen LogP contribution in [0.2, 0.25) is 0 Å². The van der Waals surface area contributed by atoms with Crippen molar-refractivity contribution < 1.29 is 136 Å². The Bertz CT molecular complexity index is 4770. The topological polar surface area (TPSA) is 291 Å². The van der Waals surface area contributed by atoms with Gasteiger partial charge in [0.2, 0.25) is 43.9 Å². The number of hydrogen-bond donors (Lipinski definition) is 2. The molecule has 666 valence electrons. The van der Waals surface area contributed by atoms with Crippen molar-refractivity contribution in [1.29, 1.82) is 0 Å². The molecule has 56 heteroatoms. The Balaban J connectivity index is 0.000000206. The van der Waals surface area contributed by atoms with Crippen LogP contribution in [0.4, 0.5) is 87.8 Å². The Morgan fingerprint density at radius 3 is 0.892 bits per heavy atom. The Labute approximate surface area is 737 Å². The molecule has 0 aromatic carbocycles. The van der Waals surface area contributed by atoms with Crippen LogP contribution in [0.1, 0.15) is 114 Å². The number of aliphatic hydroxyl groups excluding tert-OH is 1. The SMILES string of the molecule is C.C.C.COCc1nn2c(CN)c(C(F)(F)F)nc2s1.COCc1nn2c(CN3CC(C4CC4(F)F)=CC3=O)c(C(F)(F)F)nc2s1.COCc1nn2c(CN3CC([C@@H]4CC4(F)F)=CC3=O)c(C(F)(F)F)nc2s1.COCc1nn2c(CN3CC([C@H]4CC4(F)F)=CC3=O)c(C(F)(F)F)nc2s1.ICI.O=C1C=C(C2CC2(F)F)C(O)O1.[B]I(I)I. The first-order valence-corrected chi connectivity index (χ1v) is 53.0. The van der Waals surface area contributed by atoms with Gasteiger partial charge in [-0.2, -0.15) is 73.1 Å². The van der Waals surface area contributed by atoms with Crippen molar-refractivity contribution >= 4 is 189 Å². The number of aromatic nitrogens is 12. The molecule has 0 spiro atoms. The second-order valence-corrected chi connectivity index (χ2v) is 58.0. The Morgan fingerprint density at radius 1 is 0.475 bits per heavy atom. The van der Waals surface area contributed by atoms with E-state index in [4.69, 9.17) is 35.5 Å². The number of carbonyl (C=O) groups is 4. The molecule has 12 heterocycles. The summed E-state index contributed by atoms with van der Waals surface area (Å²) in [6.45, 7) is -1.36. The predicted molar refractivity (Wildman–Crippen MR) is 438 cm³/mol. The van der Waals surface area contributed by atoms with Crippen LogP contribution in [0.15, 0.2) is 46.6 Å². The number of esters is 1. The zero-order valence-electron chi connectivity index (χ0n) is 59.6. The molecule has 3 amide bonds. The average Bonchev–Trinajstić information content (AvgIpc) is 1.59. The van der Waals surface area contributed by atoms with Gasteiger partial charge in [-0.15, -0.1) is 0 Å². The number of aliphatic hydroxyl groups is 1. The van der Waals surface area contributed by atoms with Gasteiger partial charge in [-0.25, -0.2) is 77.9 Å². The van der Waals surface area contributed by atoms with Crippen molar-refractivity contribution in [3.8, 4) is 0 Å². The third-order valence-electron chi connectivity index (χ3n) is 17.5. The molecule has 8 aromatic heterocycles. The summed E-state index contributed by atoms with van der Waals surface area (Å²) in [5.41, 5.74) is 5.88. The van der Waals surface area contributed by atoms with E-state index in [9.17, 15) is 107 Å². The quantitative estimate of drug-likeness (QED) is 0.0250. The van der Waals surface area contributed by atoms with E-state index in [0.29, 0.717) is 20.0 Å². The summed E-state index contributed by atoms with van der Waals surface area (Å²) < 4.78 is 292. The average molecular weight is 2370 g/mol. The molecular weight excluding hydrogens is 2310 g/mol. The van der Waals surface area contributed by atoms with E-state index in [2.05, 4.69) is 127 Å². The van der Waals surface area contributed by atoms with Gasteiger partial charge in [0.25, 0.3) is 23.7 Å². The number of ether oxygens (including phenoxy) is 5. The number of cyclic esters (lactones) is 1. The summed E-state index contributed by atoms with van der Waals surface area (Å²) in [7, 11) is 5.76. The number of halogens is 25. The van der Waals surface area contributed by atoms with E-state index in [-0.39, 0.29) is 165 Å². The van der Waals surface area contributed by atoms with Crippen molar-refractivity contribution in [3.05, 3.63) is 112 Å². The number of imidazole rings is 4. The molecule has 16 rings (SSSR count). The third kappa shape index (κ3) is 24.5. The number of rotatable bonds is 19. The minimum atomic E-state index is -4.73. The van der Waals surface area contributed by atoms with E-state index < -0.39 is 156 Å². The van der Waals surface area contributed by atoms with Crippen molar-refractivity contribution in [1.82, 2.24) is 73.1 Å². The number of fused-ring (bicyclic) bond motifs is 4. The maximum atomic E-state index is 13.4. The number of hydrogen-bond acceptors (Lipinski definition) is 23. The fourth-order valence-electron chi connectivity index (χ4n) is 12.0. The molecule has 4 fully saturated rings. The molecule has 8 aromatic rings. The van der Waals surface area contributed by atoms with Crippen molar-refractivity contribution in [2.24, 2.45) is 29.4 Å². The molecular formula is C64H68BF20I5N16O10S4. The van der Waals surface area contributed by atoms with Gasteiger partial charge in [0.1, 0.15) is 20.0 Å². The maximum absolute atomic E-state index is 13.4. The minimum absolute atomic E-state index is 0.